The highest BCUT2D eigenvalue weighted by Crippen LogP contribution is 2.41. The van der Waals surface area contributed by atoms with E-state index < -0.39 is 5.97 Å². The summed E-state index contributed by atoms with van der Waals surface area (Å²) in [4.78, 5) is 31.2. The van der Waals surface area contributed by atoms with Crippen molar-refractivity contribution in [3.05, 3.63) is 144 Å². The topological polar surface area (TPSA) is 84.8 Å². The van der Waals surface area contributed by atoms with Gasteiger partial charge in [-0.15, -0.1) is 0 Å². The van der Waals surface area contributed by atoms with E-state index in [0.717, 1.165) is 35.2 Å². The van der Waals surface area contributed by atoms with Gasteiger partial charge in [-0.25, -0.2) is 9.79 Å². The quantitative estimate of drug-likeness (QED) is 0.343. The summed E-state index contributed by atoms with van der Waals surface area (Å²) in [6, 6.07) is 28.4. The van der Waals surface area contributed by atoms with E-state index >= 15 is 0 Å². The maximum atomic E-state index is 13.9. The molecule has 1 aliphatic carbocycles. The van der Waals surface area contributed by atoms with Crippen LogP contribution >= 0.6 is 11.3 Å². The predicted octanol–water partition coefficient (Wildman–Crippen LogP) is 5.28. The molecule has 190 valence electrons. The molecule has 2 aliphatic rings. The Labute approximate surface area is 227 Å². The fourth-order valence-corrected chi connectivity index (χ4v) is 6.53. The van der Waals surface area contributed by atoms with Crippen molar-refractivity contribution in [2.75, 3.05) is 0 Å². The number of allylic oxidation sites excluding steroid dienone is 1. The zero-order valence-corrected chi connectivity index (χ0v) is 21.5. The van der Waals surface area contributed by atoms with Crippen molar-refractivity contribution in [2.24, 2.45) is 4.99 Å². The number of rotatable bonds is 4. The van der Waals surface area contributed by atoms with Crippen LogP contribution in [0.4, 0.5) is 0 Å². The molecule has 5 aromatic rings. The van der Waals surface area contributed by atoms with E-state index in [1.165, 1.54) is 16.9 Å². The SMILES string of the molecule is O=C(O)c1ccccc1-c1ccc(C=c2sc3n(c2=O)C(c2ccccc2)C2=C(N=3)c3ccccc3CC2)o1. The average molecular weight is 531 g/mol. The van der Waals surface area contributed by atoms with Crippen LogP contribution in [0.2, 0.25) is 0 Å². The molecule has 7 rings (SSSR count). The molecule has 1 atom stereocenters. The number of aromatic nitrogens is 1. The van der Waals surface area contributed by atoms with E-state index in [1.807, 2.05) is 28.8 Å². The Kier molecular flexibility index (Phi) is 5.52. The van der Waals surface area contributed by atoms with Crippen LogP contribution in [0.1, 0.15) is 45.3 Å². The van der Waals surface area contributed by atoms with Crippen molar-refractivity contribution in [1.29, 1.82) is 0 Å². The van der Waals surface area contributed by atoms with Gasteiger partial charge in [0.25, 0.3) is 5.56 Å². The van der Waals surface area contributed by atoms with Crippen LogP contribution in [0.25, 0.3) is 23.1 Å². The first-order chi connectivity index (χ1) is 19.1. The molecule has 3 aromatic carbocycles. The second-order valence-corrected chi connectivity index (χ2v) is 10.6. The average Bonchev–Trinajstić information content (AvgIpc) is 3.56. The number of thiazole rings is 1. The zero-order valence-electron chi connectivity index (χ0n) is 20.7. The van der Waals surface area contributed by atoms with E-state index in [9.17, 15) is 14.7 Å². The number of aromatic carboxylic acids is 1. The molecule has 0 amide bonds. The molecule has 1 aliphatic heterocycles. The van der Waals surface area contributed by atoms with Gasteiger partial charge in [-0.05, 0) is 47.7 Å². The monoisotopic (exact) mass is 530 g/mol. The highest BCUT2D eigenvalue weighted by atomic mass is 32.1. The van der Waals surface area contributed by atoms with Gasteiger partial charge in [0.15, 0.2) is 4.80 Å². The molecule has 0 radical (unpaired) electrons. The summed E-state index contributed by atoms with van der Waals surface area (Å²) >= 11 is 1.34. The van der Waals surface area contributed by atoms with Crippen molar-refractivity contribution in [2.45, 2.75) is 18.9 Å². The lowest BCUT2D eigenvalue weighted by molar-refractivity contribution is 0.0697. The number of hydrogen-bond acceptors (Lipinski definition) is 5. The second kappa shape index (κ2) is 9.22. The van der Waals surface area contributed by atoms with E-state index in [-0.39, 0.29) is 17.2 Å². The van der Waals surface area contributed by atoms with E-state index in [0.29, 0.717) is 26.4 Å². The van der Waals surface area contributed by atoms with E-state index in [2.05, 4.69) is 30.3 Å². The highest BCUT2D eigenvalue weighted by molar-refractivity contribution is 7.07. The summed E-state index contributed by atoms with van der Waals surface area (Å²) in [5.74, 6) is -0.120. The standard InChI is InChI=1S/C32H22N2O4S/c35-30-27(18-21-15-17-26(38-21)23-12-6-7-13-24(23)31(36)37)39-32-33-28-22-11-5-4-8-19(22)14-16-25(28)29(34(30)32)20-9-2-1-3-10-20/h1-13,15,17-18,29H,14,16H2,(H,36,37). The fraction of sp³-hybridized carbons (Fsp3) is 0.0938. The minimum atomic E-state index is -1.02. The molecule has 0 saturated heterocycles. The van der Waals surface area contributed by atoms with Crippen LogP contribution in [-0.4, -0.2) is 15.6 Å². The summed E-state index contributed by atoms with van der Waals surface area (Å²) in [6.45, 7) is 0. The number of carbonyl (C=O) groups is 1. The zero-order chi connectivity index (χ0) is 26.5. The normalized spacial score (nSPS) is 16.3. The van der Waals surface area contributed by atoms with Gasteiger partial charge in [0, 0.05) is 17.2 Å². The third kappa shape index (κ3) is 3.90. The van der Waals surface area contributed by atoms with Crippen LogP contribution in [0.3, 0.4) is 0 Å². The molecule has 39 heavy (non-hydrogen) atoms. The Morgan fingerprint density at radius 1 is 0.923 bits per heavy atom. The number of fused-ring (bicyclic) bond motifs is 3. The predicted molar refractivity (Wildman–Crippen MR) is 150 cm³/mol. The van der Waals surface area contributed by atoms with Gasteiger partial charge in [0.05, 0.1) is 21.8 Å². The number of carboxylic acid groups (broad SMARTS) is 1. The molecule has 1 N–H and O–H groups in total. The van der Waals surface area contributed by atoms with Crippen molar-refractivity contribution in [3.63, 3.8) is 0 Å². The molecular weight excluding hydrogens is 508 g/mol. The molecular formula is C32H22N2O4S. The highest BCUT2D eigenvalue weighted by Gasteiger charge is 2.32. The molecule has 0 saturated carbocycles. The Balaban J connectivity index is 1.39. The van der Waals surface area contributed by atoms with E-state index in [4.69, 9.17) is 9.41 Å². The van der Waals surface area contributed by atoms with Gasteiger partial charge in [-0.3, -0.25) is 9.36 Å². The first-order valence-corrected chi connectivity index (χ1v) is 13.5. The summed E-state index contributed by atoms with van der Waals surface area (Å²) in [5, 5.41) is 9.56. The lowest BCUT2D eigenvalue weighted by atomic mass is 9.83. The summed E-state index contributed by atoms with van der Waals surface area (Å²) in [5.41, 5.74) is 6.10. The maximum Gasteiger partial charge on any atom is 0.336 e. The minimum absolute atomic E-state index is 0.123. The Morgan fingerprint density at radius 2 is 1.67 bits per heavy atom. The molecule has 6 nitrogen and oxygen atoms in total. The molecule has 7 heteroatoms. The Morgan fingerprint density at radius 3 is 2.49 bits per heavy atom. The second-order valence-electron chi connectivity index (χ2n) is 9.58. The largest absolute Gasteiger partial charge is 0.478 e. The van der Waals surface area contributed by atoms with Crippen molar-refractivity contribution >= 4 is 29.1 Å². The van der Waals surface area contributed by atoms with Crippen molar-refractivity contribution in [1.82, 2.24) is 4.57 Å². The number of benzene rings is 3. The van der Waals surface area contributed by atoms with Crippen LogP contribution in [-0.2, 0) is 6.42 Å². The van der Waals surface area contributed by atoms with Crippen molar-refractivity contribution < 1.29 is 14.3 Å². The number of furan rings is 1. The van der Waals surface area contributed by atoms with Gasteiger partial charge in [-0.1, -0.05) is 84.1 Å². The van der Waals surface area contributed by atoms with Crippen LogP contribution < -0.4 is 14.9 Å². The van der Waals surface area contributed by atoms with Crippen LogP contribution in [0.15, 0.2) is 111 Å². The van der Waals surface area contributed by atoms with Crippen molar-refractivity contribution in [3.8, 4) is 11.3 Å². The third-order valence-corrected chi connectivity index (χ3v) is 8.29. The smallest absolute Gasteiger partial charge is 0.336 e. The molecule has 0 fully saturated rings. The fourth-order valence-electron chi connectivity index (χ4n) is 5.55. The first-order valence-electron chi connectivity index (χ1n) is 12.7. The third-order valence-electron chi connectivity index (χ3n) is 7.31. The van der Waals surface area contributed by atoms with Gasteiger partial charge < -0.3 is 9.52 Å². The number of aryl methyl sites for hydroxylation is 1. The Hall–Kier alpha value is -4.75. The molecule has 0 spiro atoms. The van der Waals surface area contributed by atoms with Gasteiger partial charge >= 0.3 is 5.97 Å². The number of hydrogen-bond donors (Lipinski definition) is 1. The maximum absolute atomic E-state index is 13.9. The number of nitrogens with zero attached hydrogens (tertiary/aromatic N) is 2. The molecule has 2 aromatic heterocycles. The summed E-state index contributed by atoms with van der Waals surface area (Å²) < 4.78 is 8.32. The van der Waals surface area contributed by atoms with Gasteiger partial charge in [0.1, 0.15) is 11.5 Å². The molecule has 1 unspecified atom stereocenters. The molecule has 0 bridgehead atoms. The van der Waals surface area contributed by atoms with Crippen LogP contribution in [0, 0.1) is 0 Å². The Bertz CT molecular complexity index is 1980. The summed E-state index contributed by atoms with van der Waals surface area (Å²) in [7, 11) is 0. The van der Waals surface area contributed by atoms with Gasteiger partial charge in [0.2, 0.25) is 0 Å². The van der Waals surface area contributed by atoms with Gasteiger partial charge in [-0.2, -0.15) is 0 Å². The number of carboxylic acids is 1. The van der Waals surface area contributed by atoms with Crippen LogP contribution in [0.5, 0.6) is 0 Å². The minimum Gasteiger partial charge on any atom is -0.478 e. The molecule has 3 heterocycles. The lowest BCUT2D eigenvalue weighted by Gasteiger charge is -2.30. The first kappa shape index (κ1) is 23.4. The van der Waals surface area contributed by atoms with E-state index in [1.54, 1.807) is 42.5 Å². The summed E-state index contributed by atoms with van der Waals surface area (Å²) in [6.07, 6.45) is 3.46. The lowest BCUT2D eigenvalue weighted by Crippen LogP contribution is -2.38.